The molecular formula is C18H26N4O2. The molecule has 0 fully saturated rings. The summed E-state index contributed by atoms with van der Waals surface area (Å²) < 4.78 is 7.89. The van der Waals surface area contributed by atoms with E-state index in [9.17, 15) is 5.11 Å². The van der Waals surface area contributed by atoms with Crippen molar-refractivity contribution in [3.63, 3.8) is 0 Å². The average Bonchev–Trinajstić information content (AvgIpc) is 3.06. The number of anilines is 1. The van der Waals surface area contributed by atoms with E-state index < -0.39 is 6.10 Å². The summed E-state index contributed by atoms with van der Waals surface area (Å²) in [5.41, 5.74) is 1.16. The van der Waals surface area contributed by atoms with Crippen molar-refractivity contribution in [2.24, 2.45) is 0 Å². The van der Waals surface area contributed by atoms with Crippen LogP contribution in [0.25, 0.3) is 0 Å². The van der Waals surface area contributed by atoms with Gasteiger partial charge in [-0.15, -0.1) is 0 Å². The third-order valence-corrected chi connectivity index (χ3v) is 4.30. The molecule has 0 spiro atoms. The van der Waals surface area contributed by atoms with Crippen LogP contribution in [0.2, 0.25) is 0 Å². The number of aromatic nitrogens is 2. The summed E-state index contributed by atoms with van der Waals surface area (Å²) in [4.78, 5) is 4.47. The van der Waals surface area contributed by atoms with Gasteiger partial charge >= 0.3 is 0 Å². The van der Waals surface area contributed by atoms with E-state index >= 15 is 0 Å². The number of fused-ring (bicyclic) bond motifs is 1. The molecule has 1 aromatic carbocycles. The van der Waals surface area contributed by atoms with Crippen molar-refractivity contribution in [2.75, 3.05) is 38.1 Å². The molecule has 0 radical (unpaired) electrons. The van der Waals surface area contributed by atoms with E-state index in [1.807, 2.05) is 37.5 Å². The summed E-state index contributed by atoms with van der Waals surface area (Å²) in [6, 6.07) is 10.0. The van der Waals surface area contributed by atoms with Crippen LogP contribution in [0.15, 0.2) is 42.7 Å². The van der Waals surface area contributed by atoms with E-state index in [2.05, 4.69) is 27.9 Å². The molecule has 1 N–H and O–H groups in total. The van der Waals surface area contributed by atoms with Crippen LogP contribution < -0.4 is 9.64 Å². The van der Waals surface area contributed by atoms with Crippen molar-refractivity contribution >= 4 is 5.69 Å². The van der Waals surface area contributed by atoms with Crippen LogP contribution in [0.4, 0.5) is 5.69 Å². The largest absolute Gasteiger partial charge is 0.485 e. The van der Waals surface area contributed by atoms with Gasteiger partial charge in [0.25, 0.3) is 0 Å². The number of aliphatic hydroxyl groups is 1. The summed E-state index contributed by atoms with van der Waals surface area (Å²) in [5, 5.41) is 14.4. The topological polar surface area (TPSA) is 53.8 Å². The van der Waals surface area contributed by atoms with Gasteiger partial charge in [-0.1, -0.05) is 12.1 Å². The van der Waals surface area contributed by atoms with Gasteiger partial charge < -0.3 is 14.7 Å². The maximum atomic E-state index is 10.2. The Bertz CT molecular complexity index is 632. The zero-order valence-corrected chi connectivity index (χ0v) is 14.4. The fourth-order valence-electron chi connectivity index (χ4n) is 3.24. The Hall–Kier alpha value is -2.05. The van der Waals surface area contributed by atoms with E-state index in [0.717, 1.165) is 31.1 Å². The molecule has 2 heterocycles. The minimum atomic E-state index is -0.451. The monoisotopic (exact) mass is 330 g/mol. The number of para-hydroxylation sites is 2. The predicted molar refractivity (Wildman–Crippen MR) is 94.5 cm³/mol. The van der Waals surface area contributed by atoms with Gasteiger partial charge in [0.05, 0.1) is 24.9 Å². The Balaban J connectivity index is 1.54. The molecule has 1 aromatic heterocycles. The number of likely N-dealkylation sites (N-methyl/N-ethyl adjacent to an activating group) is 2. The fraction of sp³-hybridized carbons (Fsp3) is 0.500. The lowest BCUT2D eigenvalue weighted by Gasteiger charge is -2.37. The van der Waals surface area contributed by atoms with Crippen LogP contribution in [0.1, 0.15) is 6.92 Å². The number of ether oxygens (including phenoxy) is 1. The molecule has 6 nitrogen and oxygen atoms in total. The van der Waals surface area contributed by atoms with Gasteiger partial charge in [0.2, 0.25) is 0 Å². The highest BCUT2D eigenvalue weighted by Crippen LogP contribution is 2.32. The van der Waals surface area contributed by atoms with E-state index in [0.29, 0.717) is 13.1 Å². The first-order chi connectivity index (χ1) is 11.7. The second kappa shape index (κ2) is 7.68. The van der Waals surface area contributed by atoms with Crippen molar-refractivity contribution in [2.45, 2.75) is 25.7 Å². The molecule has 0 bridgehead atoms. The normalized spacial score (nSPS) is 18.3. The lowest BCUT2D eigenvalue weighted by atomic mass is 10.1. The van der Waals surface area contributed by atoms with E-state index in [1.165, 1.54) is 0 Å². The molecule has 0 aliphatic carbocycles. The Labute approximate surface area is 143 Å². The number of nitrogens with zero attached hydrogens (tertiary/aromatic N) is 4. The Kier molecular flexibility index (Phi) is 5.37. The molecule has 0 saturated heterocycles. The maximum absolute atomic E-state index is 10.2. The molecule has 1 aliphatic heterocycles. The Morgan fingerprint density at radius 1 is 1.38 bits per heavy atom. The maximum Gasteiger partial charge on any atom is 0.143 e. The second-order valence-corrected chi connectivity index (χ2v) is 6.35. The Morgan fingerprint density at radius 2 is 2.21 bits per heavy atom. The van der Waals surface area contributed by atoms with Crippen molar-refractivity contribution in [1.82, 2.24) is 14.7 Å². The lowest BCUT2D eigenvalue weighted by Crippen LogP contribution is -2.47. The first-order valence-corrected chi connectivity index (χ1v) is 8.50. The molecule has 0 unspecified atom stereocenters. The standard InChI is InChI=1S/C18H26N4O2/c1-3-21-14-16(24-18-8-5-4-7-17(18)21)13-20(2)11-15(23)12-22-10-6-9-19-22/h4-10,15-16,23H,3,11-14H2,1-2H3/t15-,16+/m0/s1. The molecule has 24 heavy (non-hydrogen) atoms. The third-order valence-electron chi connectivity index (χ3n) is 4.30. The van der Waals surface area contributed by atoms with Gasteiger partial charge in [0.1, 0.15) is 11.9 Å². The first-order valence-electron chi connectivity index (χ1n) is 8.50. The number of hydrogen-bond acceptors (Lipinski definition) is 5. The highest BCUT2D eigenvalue weighted by Gasteiger charge is 2.25. The predicted octanol–water partition coefficient (Wildman–Crippen LogP) is 1.46. The molecule has 3 rings (SSSR count). The zero-order valence-electron chi connectivity index (χ0n) is 14.4. The van der Waals surface area contributed by atoms with E-state index in [-0.39, 0.29) is 6.10 Å². The highest BCUT2D eigenvalue weighted by atomic mass is 16.5. The quantitative estimate of drug-likeness (QED) is 0.833. The van der Waals surface area contributed by atoms with Crippen LogP contribution in [0, 0.1) is 0 Å². The molecule has 0 amide bonds. The van der Waals surface area contributed by atoms with Gasteiger partial charge in [-0.05, 0) is 32.2 Å². The summed E-state index contributed by atoms with van der Waals surface area (Å²) in [5.74, 6) is 0.945. The molecule has 1 aliphatic rings. The van der Waals surface area contributed by atoms with Crippen molar-refractivity contribution in [1.29, 1.82) is 0 Å². The number of benzene rings is 1. The molecule has 6 heteroatoms. The highest BCUT2D eigenvalue weighted by molar-refractivity contribution is 5.60. The minimum absolute atomic E-state index is 0.0988. The van der Waals surface area contributed by atoms with Gasteiger partial charge in [0.15, 0.2) is 0 Å². The molecule has 0 saturated carbocycles. The smallest absolute Gasteiger partial charge is 0.143 e. The minimum Gasteiger partial charge on any atom is -0.485 e. The summed E-state index contributed by atoms with van der Waals surface area (Å²) in [7, 11) is 2.02. The Morgan fingerprint density at radius 3 is 2.96 bits per heavy atom. The van der Waals surface area contributed by atoms with E-state index in [1.54, 1.807) is 10.9 Å². The fourth-order valence-corrected chi connectivity index (χ4v) is 3.24. The van der Waals surface area contributed by atoms with Gasteiger partial charge in [-0.3, -0.25) is 9.58 Å². The van der Waals surface area contributed by atoms with Crippen LogP contribution in [0.5, 0.6) is 5.75 Å². The third kappa shape index (κ3) is 4.07. The first kappa shape index (κ1) is 16.8. The summed E-state index contributed by atoms with van der Waals surface area (Å²) in [6.07, 6.45) is 3.24. The van der Waals surface area contributed by atoms with Crippen LogP contribution in [-0.2, 0) is 6.54 Å². The molecule has 130 valence electrons. The van der Waals surface area contributed by atoms with Gasteiger partial charge in [-0.2, -0.15) is 5.10 Å². The van der Waals surface area contributed by atoms with E-state index in [4.69, 9.17) is 4.74 Å². The summed E-state index contributed by atoms with van der Waals surface area (Å²) in [6.45, 7) is 5.87. The molecule has 2 aromatic rings. The average molecular weight is 330 g/mol. The number of hydrogen-bond donors (Lipinski definition) is 1. The van der Waals surface area contributed by atoms with Gasteiger partial charge in [-0.25, -0.2) is 0 Å². The molecule has 2 atom stereocenters. The van der Waals surface area contributed by atoms with Crippen molar-refractivity contribution < 1.29 is 9.84 Å². The second-order valence-electron chi connectivity index (χ2n) is 6.35. The van der Waals surface area contributed by atoms with Crippen LogP contribution >= 0.6 is 0 Å². The summed E-state index contributed by atoms with van der Waals surface area (Å²) >= 11 is 0. The van der Waals surface area contributed by atoms with Crippen LogP contribution in [-0.4, -0.2) is 65.2 Å². The lowest BCUT2D eigenvalue weighted by molar-refractivity contribution is 0.0805. The number of aliphatic hydroxyl groups excluding tert-OH is 1. The zero-order chi connectivity index (χ0) is 16.9. The number of rotatable bonds is 7. The van der Waals surface area contributed by atoms with Crippen molar-refractivity contribution in [3.8, 4) is 5.75 Å². The molecular weight excluding hydrogens is 304 g/mol. The van der Waals surface area contributed by atoms with Crippen LogP contribution in [0.3, 0.4) is 0 Å². The SMILES string of the molecule is CCN1C[C@@H](CN(C)C[C@H](O)Cn2cccn2)Oc2ccccc21. The van der Waals surface area contributed by atoms with Gasteiger partial charge in [0, 0.05) is 32.0 Å². The van der Waals surface area contributed by atoms with Crippen molar-refractivity contribution in [3.05, 3.63) is 42.7 Å².